The Bertz CT molecular complexity index is 3980. The molecule has 0 saturated heterocycles. The number of nitrogens with zero attached hydrogens (tertiary/aromatic N) is 1. The summed E-state index contributed by atoms with van der Waals surface area (Å²) in [6.07, 6.45) is 0. The van der Waals surface area contributed by atoms with Crippen LogP contribution >= 0.6 is 0 Å². The second-order valence-corrected chi connectivity index (χ2v) is 18.8. The third kappa shape index (κ3) is 8.23. The van der Waals surface area contributed by atoms with Crippen molar-refractivity contribution in [3.8, 4) is 77.9 Å². The van der Waals surface area contributed by atoms with E-state index in [9.17, 15) is 0 Å². The molecule has 0 N–H and O–H groups in total. The van der Waals surface area contributed by atoms with Gasteiger partial charge < -0.3 is 4.90 Å². The third-order valence-electron chi connectivity index (χ3n) is 14.5. The van der Waals surface area contributed by atoms with E-state index in [0.29, 0.717) is 0 Å². The van der Waals surface area contributed by atoms with Crippen molar-refractivity contribution in [3.63, 3.8) is 0 Å². The lowest BCUT2D eigenvalue weighted by atomic mass is 9.83. The fraction of sp³-hybridized carbons (Fsp3) is 0. The van der Waals surface area contributed by atoms with Gasteiger partial charge in [0.1, 0.15) is 0 Å². The Kier molecular flexibility index (Phi) is 11.3. The van der Waals surface area contributed by atoms with Gasteiger partial charge in [-0.3, -0.25) is 0 Å². The molecule has 0 saturated carbocycles. The van der Waals surface area contributed by atoms with Crippen molar-refractivity contribution in [2.45, 2.75) is 0 Å². The SMILES string of the molecule is c1ccc(-c2ccc(N(c3ccc(-c4ccc5c6ccccc6c6ccccc6c5c4)cc3)c3ccc(-c4c(-c5ccccc5)cc(-c5ccccc5)cc4-c4ccccc4)cc3-c3ccccc3)cc2)cc1. The van der Waals surface area contributed by atoms with Gasteiger partial charge in [-0.05, 0) is 159 Å². The highest BCUT2D eigenvalue weighted by Crippen LogP contribution is 2.48. The average molecular weight is 928 g/mol. The summed E-state index contributed by atoms with van der Waals surface area (Å²) in [4.78, 5) is 2.43. The van der Waals surface area contributed by atoms with Crippen LogP contribution in [0.15, 0.2) is 297 Å². The van der Waals surface area contributed by atoms with E-state index >= 15 is 0 Å². The third-order valence-corrected chi connectivity index (χ3v) is 14.5. The zero-order valence-electron chi connectivity index (χ0n) is 40.2. The number of hydrogen-bond acceptors (Lipinski definition) is 1. The lowest BCUT2D eigenvalue weighted by Crippen LogP contribution is -2.11. The Morgan fingerprint density at radius 3 is 0.959 bits per heavy atom. The van der Waals surface area contributed by atoms with Crippen LogP contribution in [-0.2, 0) is 0 Å². The van der Waals surface area contributed by atoms with E-state index in [4.69, 9.17) is 0 Å². The van der Waals surface area contributed by atoms with E-state index in [1.807, 2.05) is 0 Å². The molecule has 1 nitrogen and oxygen atoms in total. The molecule has 0 fully saturated rings. The molecule has 13 rings (SSSR count). The quantitative estimate of drug-likeness (QED) is 0.124. The predicted molar refractivity (Wildman–Crippen MR) is 312 cm³/mol. The number of benzene rings is 13. The van der Waals surface area contributed by atoms with Gasteiger partial charge in [0, 0.05) is 16.9 Å². The van der Waals surface area contributed by atoms with Crippen LogP contribution in [0.1, 0.15) is 0 Å². The number of rotatable bonds is 10. The predicted octanol–water partition coefficient (Wildman–Crippen LogP) is 20.3. The zero-order valence-corrected chi connectivity index (χ0v) is 40.2. The van der Waals surface area contributed by atoms with Crippen LogP contribution in [0.4, 0.5) is 17.1 Å². The molecule has 0 heterocycles. The Balaban J connectivity index is 1.00. The summed E-state index contributed by atoms with van der Waals surface area (Å²) < 4.78 is 0. The molecule has 13 aromatic rings. The average Bonchev–Trinajstić information content (AvgIpc) is 3.48. The molecule has 13 aromatic carbocycles. The van der Waals surface area contributed by atoms with Gasteiger partial charge >= 0.3 is 0 Å². The molecule has 0 aliphatic carbocycles. The van der Waals surface area contributed by atoms with Gasteiger partial charge in [-0.2, -0.15) is 0 Å². The number of anilines is 3. The molecule has 0 amide bonds. The summed E-state index contributed by atoms with van der Waals surface area (Å²) in [6.45, 7) is 0. The molecule has 342 valence electrons. The summed E-state index contributed by atoms with van der Waals surface area (Å²) in [6, 6.07) is 109. The minimum atomic E-state index is 1.07. The Morgan fingerprint density at radius 2 is 0.493 bits per heavy atom. The van der Waals surface area contributed by atoms with Crippen LogP contribution in [-0.4, -0.2) is 0 Å². The van der Waals surface area contributed by atoms with Crippen LogP contribution in [0.3, 0.4) is 0 Å². The van der Waals surface area contributed by atoms with Crippen molar-refractivity contribution in [2.75, 3.05) is 4.90 Å². The molecule has 0 radical (unpaired) electrons. The fourth-order valence-corrected chi connectivity index (χ4v) is 10.9. The highest BCUT2D eigenvalue weighted by Gasteiger charge is 2.23. The zero-order chi connectivity index (χ0) is 48.5. The van der Waals surface area contributed by atoms with Gasteiger partial charge in [-0.1, -0.05) is 243 Å². The number of fused-ring (bicyclic) bond motifs is 6. The summed E-state index contributed by atoms with van der Waals surface area (Å²) in [5, 5.41) is 7.67. The van der Waals surface area contributed by atoms with E-state index in [2.05, 4.69) is 302 Å². The maximum absolute atomic E-state index is 2.43. The molecule has 0 aliphatic heterocycles. The normalized spacial score (nSPS) is 11.3. The van der Waals surface area contributed by atoms with Crippen molar-refractivity contribution in [3.05, 3.63) is 297 Å². The first kappa shape index (κ1) is 43.5. The van der Waals surface area contributed by atoms with Crippen molar-refractivity contribution in [2.24, 2.45) is 0 Å². The Hall–Kier alpha value is -9.56. The fourth-order valence-electron chi connectivity index (χ4n) is 10.9. The van der Waals surface area contributed by atoms with Crippen LogP contribution in [0.25, 0.3) is 110 Å². The summed E-state index contributed by atoms with van der Waals surface area (Å²) in [5.41, 5.74) is 19.7. The van der Waals surface area contributed by atoms with Crippen LogP contribution < -0.4 is 4.90 Å². The summed E-state index contributed by atoms with van der Waals surface area (Å²) in [5.74, 6) is 0. The van der Waals surface area contributed by atoms with Crippen LogP contribution in [0.5, 0.6) is 0 Å². The summed E-state index contributed by atoms with van der Waals surface area (Å²) in [7, 11) is 0. The smallest absolute Gasteiger partial charge is 0.0540 e. The first-order chi connectivity index (χ1) is 36.2. The second kappa shape index (κ2) is 19.0. The second-order valence-electron chi connectivity index (χ2n) is 18.8. The first-order valence-corrected chi connectivity index (χ1v) is 25.2. The molecule has 0 spiro atoms. The van der Waals surface area contributed by atoms with Crippen molar-refractivity contribution < 1.29 is 0 Å². The number of hydrogen-bond donors (Lipinski definition) is 0. The molecular formula is C72H49N. The van der Waals surface area contributed by atoms with Gasteiger partial charge in [-0.25, -0.2) is 0 Å². The van der Waals surface area contributed by atoms with Crippen molar-refractivity contribution in [1.82, 2.24) is 0 Å². The standard InChI is InChI=1S/C72H49N/c1-6-20-50(21-7-1)52-34-40-60(41-35-52)73(61-42-36-53(37-43-61)57-38-44-66-64-32-17-16-30-62(64)63-31-18-19-33-65(63)70(66)46-57)71-45-39-58(47-67(71)54-24-10-3-11-25-54)72-68(55-26-12-4-13-27-55)48-59(51-22-8-2-9-23-51)49-69(72)56-28-14-5-15-29-56/h1-49H. The highest BCUT2D eigenvalue weighted by molar-refractivity contribution is 6.25. The lowest BCUT2D eigenvalue weighted by Gasteiger charge is -2.29. The van der Waals surface area contributed by atoms with E-state index in [1.54, 1.807) is 0 Å². The maximum Gasteiger partial charge on any atom is 0.0540 e. The van der Waals surface area contributed by atoms with E-state index in [-0.39, 0.29) is 0 Å². The molecule has 0 unspecified atom stereocenters. The van der Waals surface area contributed by atoms with Crippen LogP contribution in [0, 0.1) is 0 Å². The van der Waals surface area contributed by atoms with E-state index in [1.165, 1.54) is 93.5 Å². The summed E-state index contributed by atoms with van der Waals surface area (Å²) >= 11 is 0. The molecule has 0 aliphatic rings. The Morgan fingerprint density at radius 1 is 0.178 bits per heavy atom. The van der Waals surface area contributed by atoms with Crippen LogP contribution in [0.2, 0.25) is 0 Å². The van der Waals surface area contributed by atoms with Gasteiger partial charge in [0.25, 0.3) is 0 Å². The van der Waals surface area contributed by atoms with Gasteiger partial charge in [0.05, 0.1) is 5.69 Å². The van der Waals surface area contributed by atoms with Gasteiger partial charge in [0.2, 0.25) is 0 Å². The molecule has 0 bridgehead atoms. The first-order valence-electron chi connectivity index (χ1n) is 25.2. The van der Waals surface area contributed by atoms with Gasteiger partial charge in [0.15, 0.2) is 0 Å². The molecular weight excluding hydrogens is 879 g/mol. The largest absolute Gasteiger partial charge is 0.310 e. The highest BCUT2D eigenvalue weighted by atomic mass is 15.1. The molecule has 0 aromatic heterocycles. The van der Waals surface area contributed by atoms with Crippen molar-refractivity contribution >= 4 is 49.4 Å². The molecule has 1 heteroatoms. The van der Waals surface area contributed by atoms with Gasteiger partial charge in [-0.15, -0.1) is 0 Å². The van der Waals surface area contributed by atoms with E-state index in [0.717, 1.165) is 33.8 Å². The minimum Gasteiger partial charge on any atom is -0.310 e. The molecule has 0 atom stereocenters. The monoisotopic (exact) mass is 927 g/mol. The minimum absolute atomic E-state index is 1.07. The topological polar surface area (TPSA) is 3.24 Å². The maximum atomic E-state index is 2.43. The molecule has 73 heavy (non-hydrogen) atoms. The van der Waals surface area contributed by atoms with E-state index < -0.39 is 0 Å². The van der Waals surface area contributed by atoms with Crippen molar-refractivity contribution in [1.29, 1.82) is 0 Å². The Labute approximate surface area is 427 Å². The lowest BCUT2D eigenvalue weighted by molar-refractivity contribution is 1.28.